The molecule has 0 aliphatic heterocycles. The van der Waals surface area contributed by atoms with Crippen LogP contribution in [0.4, 0.5) is 5.69 Å². The van der Waals surface area contributed by atoms with E-state index in [2.05, 4.69) is 4.98 Å². The molecule has 0 amide bonds. The van der Waals surface area contributed by atoms with Gasteiger partial charge >= 0.3 is 0 Å². The summed E-state index contributed by atoms with van der Waals surface area (Å²) in [7, 11) is -3.68. The third-order valence-corrected chi connectivity index (χ3v) is 6.75. The molecule has 0 N–H and O–H groups in total. The zero-order chi connectivity index (χ0) is 21.1. The third kappa shape index (κ3) is 3.86. The summed E-state index contributed by atoms with van der Waals surface area (Å²) in [5, 5.41) is 0. The highest BCUT2D eigenvalue weighted by Gasteiger charge is 2.24. The Kier molecular flexibility index (Phi) is 5.42. The number of hydrogen-bond acceptors (Lipinski definition) is 4. The van der Waals surface area contributed by atoms with Crippen LogP contribution in [0.2, 0.25) is 0 Å². The lowest BCUT2D eigenvalue weighted by atomic mass is 10.2. The summed E-state index contributed by atoms with van der Waals surface area (Å²) in [6, 6.07) is 23.8. The molecule has 152 valence electrons. The zero-order valence-electron chi connectivity index (χ0n) is 16.8. The van der Waals surface area contributed by atoms with Crippen LogP contribution in [-0.2, 0) is 10.0 Å². The number of nitrogens with zero attached hydrogens (tertiary/aromatic N) is 2. The smallest absolute Gasteiger partial charge is 0.264 e. The first-order chi connectivity index (χ1) is 14.5. The van der Waals surface area contributed by atoms with Gasteiger partial charge in [0.25, 0.3) is 10.0 Å². The monoisotopic (exact) mass is 418 g/mol. The molecule has 0 fully saturated rings. The van der Waals surface area contributed by atoms with E-state index < -0.39 is 10.0 Å². The highest BCUT2D eigenvalue weighted by atomic mass is 32.2. The second-order valence-corrected chi connectivity index (χ2v) is 8.79. The highest BCUT2D eigenvalue weighted by Crippen LogP contribution is 2.28. The summed E-state index contributed by atoms with van der Waals surface area (Å²) in [6.07, 6.45) is 1.67. The molecule has 0 aliphatic carbocycles. The summed E-state index contributed by atoms with van der Waals surface area (Å²) in [5.41, 5.74) is 3.32. The minimum Gasteiger partial charge on any atom is -0.436 e. The molecule has 1 heterocycles. The molecule has 4 rings (SSSR count). The van der Waals surface area contributed by atoms with Gasteiger partial charge in [-0.1, -0.05) is 42.5 Å². The summed E-state index contributed by atoms with van der Waals surface area (Å²) in [6.45, 7) is 4.11. The molecular weight excluding hydrogens is 396 g/mol. The summed E-state index contributed by atoms with van der Waals surface area (Å²) in [5.74, 6) is 1.11. The lowest BCUT2D eigenvalue weighted by Crippen LogP contribution is -2.30. The van der Waals surface area contributed by atoms with Crippen LogP contribution in [0.15, 0.2) is 94.4 Å². The molecule has 0 atom stereocenters. The van der Waals surface area contributed by atoms with Crippen LogP contribution in [-0.4, -0.2) is 19.9 Å². The Hall–Kier alpha value is -3.38. The normalized spacial score (nSPS) is 11.4. The fraction of sp³-hybridized carbons (Fsp3) is 0.125. The van der Waals surface area contributed by atoms with Crippen molar-refractivity contribution in [3.63, 3.8) is 0 Å². The lowest BCUT2D eigenvalue weighted by molar-refractivity contribution is 0.587. The number of sulfonamides is 1. The van der Waals surface area contributed by atoms with Crippen LogP contribution in [0.1, 0.15) is 12.5 Å². The zero-order valence-corrected chi connectivity index (χ0v) is 17.6. The van der Waals surface area contributed by atoms with E-state index in [-0.39, 0.29) is 4.90 Å². The van der Waals surface area contributed by atoms with Crippen LogP contribution in [0.3, 0.4) is 0 Å². The molecule has 0 aliphatic rings. The molecule has 5 nitrogen and oxygen atoms in total. The van der Waals surface area contributed by atoms with E-state index >= 15 is 0 Å². The largest absolute Gasteiger partial charge is 0.436 e. The van der Waals surface area contributed by atoms with Gasteiger partial charge < -0.3 is 4.42 Å². The van der Waals surface area contributed by atoms with Gasteiger partial charge in [0.05, 0.1) is 16.8 Å². The Morgan fingerprint density at radius 1 is 0.900 bits per heavy atom. The number of aryl methyl sites for hydroxylation is 1. The first kappa shape index (κ1) is 19.9. The summed E-state index contributed by atoms with van der Waals surface area (Å²) in [4.78, 5) is 4.56. The maximum absolute atomic E-state index is 13.2. The molecule has 3 aromatic carbocycles. The Balaban J connectivity index is 1.62. The van der Waals surface area contributed by atoms with E-state index in [0.29, 0.717) is 23.9 Å². The van der Waals surface area contributed by atoms with Crippen molar-refractivity contribution in [3.05, 3.63) is 90.6 Å². The minimum atomic E-state index is -3.68. The van der Waals surface area contributed by atoms with Crippen LogP contribution in [0, 0.1) is 6.92 Å². The summed E-state index contributed by atoms with van der Waals surface area (Å²) < 4.78 is 33.7. The Morgan fingerprint density at radius 3 is 2.30 bits per heavy atom. The number of hydrogen-bond donors (Lipinski definition) is 0. The molecule has 0 radical (unpaired) electrons. The van der Waals surface area contributed by atoms with Gasteiger partial charge in [0.15, 0.2) is 5.76 Å². The van der Waals surface area contributed by atoms with E-state index in [0.717, 1.165) is 16.7 Å². The molecule has 0 spiro atoms. The Labute approximate surface area is 176 Å². The van der Waals surface area contributed by atoms with E-state index in [9.17, 15) is 8.42 Å². The fourth-order valence-corrected chi connectivity index (χ4v) is 4.78. The SMILES string of the molecule is CCN(c1cccc(C)c1)S(=O)(=O)c1ccc(-c2ncc(-c3ccccc3)o2)cc1. The number of aromatic nitrogens is 1. The summed E-state index contributed by atoms with van der Waals surface area (Å²) >= 11 is 0. The van der Waals surface area contributed by atoms with E-state index in [1.165, 1.54) is 4.31 Å². The van der Waals surface area contributed by atoms with Gasteiger partial charge in [0.2, 0.25) is 5.89 Å². The van der Waals surface area contributed by atoms with Crippen molar-refractivity contribution in [1.82, 2.24) is 4.98 Å². The Bertz CT molecular complexity index is 1250. The van der Waals surface area contributed by atoms with Gasteiger partial charge in [-0.2, -0.15) is 0 Å². The van der Waals surface area contributed by atoms with Crippen LogP contribution in [0.25, 0.3) is 22.8 Å². The topological polar surface area (TPSA) is 63.4 Å². The number of benzene rings is 3. The second-order valence-electron chi connectivity index (χ2n) is 6.93. The van der Waals surface area contributed by atoms with Crippen molar-refractivity contribution in [3.8, 4) is 22.8 Å². The molecule has 4 aromatic rings. The Morgan fingerprint density at radius 2 is 1.63 bits per heavy atom. The molecule has 0 saturated carbocycles. The standard InChI is InChI=1S/C24H22N2O3S/c1-3-26(21-11-7-8-18(2)16-21)30(27,28)22-14-12-20(13-15-22)24-25-17-23(29-24)19-9-5-4-6-10-19/h4-17H,3H2,1-2H3. The highest BCUT2D eigenvalue weighted by molar-refractivity contribution is 7.92. The van der Waals surface area contributed by atoms with E-state index in [4.69, 9.17) is 4.42 Å². The third-order valence-electron chi connectivity index (χ3n) is 4.83. The van der Waals surface area contributed by atoms with Crippen molar-refractivity contribution in [2.75, 3.05) is 10.8 Å². The lowest BCUT2D eigenvalue weighted by Gasteiger charge is -2.23. The predicted octanol–water partition coefficient (Wildman–Crippen LogP) is 5.53. The van der Waals surface area contributed by atoms with Gasteiger partial charge in [0, 0.05) is 17.7 Å². The van der Waals surface area contributed by atoms with Crippen LogP contribution >= 0.6 is 0 Å². The average Bonchev–Trinajstić information content (AvgIpc) is 3.25. The van der Waals surface area contributed by atoms with Crippen LogP contribution in [0.5, 0.6) is 0 Å². The van der Waals surface area contributed by atoms with E-state index in [1.54, 1.807) is 36.5 Å². The van der Waals surface area contributed by atoms with Gasteiger partial charge in [-0.05, 0) is 55.8 Å². The maximum atomic E-state index is 13.2. The van der Waals surface area contributed by atoms with Gasteiger partial charge in [0.1, 0.15) is 0 Å². The molecule has 0 bridgehead atoms. The van der Waals surface area contributed by atoms with Crippen molar-refractivity contribution in [2.45, 2.75) is 18.7 Å². The quantitative estimate of drug-likeness (QED) is 0.413. The predicted molar refractivity (Wildman–Crippen MR) is 119 cm³/mol. The number of oxazole rings is 1. The van der Waals surface area contributed by atoms with Gasteiger partial charge in [-0.3, -0.25) is 4.31 Å². The van der Waals surface area contributed by atoms with Gasteiger partial charge in [-0.15, -0.1) is 0 Å². The van der Waals surface area contributed by atoms with Crippen molar-refractivity contribution >= 4 is 15.7 Å². The number of rotatable bonds is 6. The molecule has 6 heteroatoms. The minimum absolute atomic E-state index is 0.226. The molecule has 0 unspecified atom stereocenters. The van der Waals surface area contributed by atoms with Gasteiger partial charge in [-0.25, -0.2) is 13.4 Å². The first-order valence-electron chi connectivity index (χ1n) is 9.70. The van der Waals surface area contributed by atoms with Crippen molar-refractivity contribution in [2.24, 2.45) is 0 Å². The molecule has 30 heavy (non-hydrogen) atoms. The first-order valence-corrected chi connectivity index (χ1v) is 11.1. The molecular formula is C24H22N2O3S. The van der Waals surface area contributed by atoms with Crippen molar-refractivity contribution in [1.29, 1.82) is 0 Å². The molecule has 0 saturated heterocycles. The average molecular weight is 419 g/mol. The fourth-order valence-electron chi connectivity index (χ4n) is 3.31. The van der Waals surface area contributed by atoms with Crippen LogP contribution < -0.4 is 4.31 Å². The van der Waals surface area contributed by atoms with Crippen molar-refractivity contribution < 1.29 is 12.8 Å². The van der Waals surface area contributed by atoms with E-state index in [1.807, 2.05) is 62.4 Å². The maximum Gasteiger partial charge on any atom is 0.264 e. The second kappa shape index (κ2) is 8.16. The number of anilines is 1. The molecule has 1 aromatic heterocycles.